The molecule has 0 aliphatic carbocycles. The first-order valence-corrected chi connectivity index (χ1v) is 6.93. The van der Waals surface area contributed by atoms with Crippen LogP contribution in [0, 0.1) is 6.92 Å². The third-order valence-corrected chi connectivity index (χ3v) is 3.17. The van der Waals surface area contributed by atoms with Crippen molar-refractivity contribution in [3.8, 4) is 5.75 Å². The maximum Gasteiger partial charge on any atom is 0.259 e. The molecule has 114 valence electrons. The minimum atomic E-state index is -0.608. The Balaban J connectivity index is 2.20. The van der Waals surface area contributed by atoms with Gasteiger partial charge in [-0.05, 0) is 42.8 Å². The van der Waals surface area contributed by atoms with E-state index < -0.39 is 5.91 Å². The zero-order valence-electron chi connectivity index (χ0n) is 11.9. The number of benzene rings is 2. The van der Waals surface area contributed by atoms with Crippen LogP contribution in [0.2, 0.25) is 5.02 Å². The predicted molar refractivity (Wildman–Crippen MR) is 85.3 cm³/mol. The lowest BCUT2D eigenvalue weighted by molar-refractivity contribution is -0.119. The molecule has 0 saturated heterocycles. The molecule has 2 amide bonds. The number of rotatable bonds is 5. The van der Waals surface area contributed by atoms with Gasteiger partial charge in [0, 0.05) is 10.7 Å². The molecule has 0 spiro atoms. The number of halogens is 1. The van der Waals surface area contributed by atoms with Crippen molar-refractivity contribution in [3.05, 3.63) is 58.6 Å². The molecule has 5 nitrogen and oxygen atoms in total. The number of ether oxygens (including phenoxy) is 1. The molecule has 2 aromatic rings. The highest BCUT2D eigenvalue weighted by Crippen LogP contribution is 2.23. The number of carbonyl (C=O) groups excluding carboxylic acids is 2. The number of para-hydroxylation sites is 1. The molecular weight excluding hydrogens is 304 g/mol. The lowest BCUT2D eigenvalue weighted by Crippen LogP contribution is -2.21. The van der Waals surface area contributed by atoms with E-state index >= 15 is 0 Å². The van der Waals surface area contributed by atoms with Crippen molar-refractivity contribution in [2.45, 2.75) is 6.92 Å². The van der Waals surface area contributed by atoms with Gasteiger partial charge in [0.15, 0.2) is 6.61 Å². The molecule has 0 unspecified atom stereocenters. The summed E-state index contributed by atoms with van der Waals surface area (Å²) in [7, 11) is 0. The van der Waals surface area contributed by atoms with Crippen LogP contribution in [0.1, 0.15) is 15.9 Å². The van der Waals surface area contributed by atoms with Gasteiger partial charge < -0.3 is 15.8 Å². The number of hydrogen-bond donors (Lipinski definition) is 2. The molecule has 2 rings (SSSR count). The predicted octanol–water partition coefficient (Wildman–Crippen LogP) is 2.76. The Labute approximate surface area is 133 Å². The first-order chi connectivity index (χ1) is 10.5. The molecule has 22 heavy (non-hydrogen) atoms. The summed E-state index contributed by atoms with van der Waals surface area (Å²) in [5.41, 5.74) is 6.86. The van der Waals surface area contributed by atoms with Crippen molar-refractivity contribution < 1.29 is 14.3 Å². The average Bonchev–Trinajstić information content (AvgIpc) is 2.48. The lowest BCUT2D eigenvalue weighted by atomic mass is 10.1. The number of anilines is 1. The van der Waals surface area contributed by atoms with Crippen molar-refractivity contribution in [2.24, 2.45) is 5.73 Å². The van der Waals surface area contributed by atoms with E-state index in [9.17, 15) is 9.59 Å². The number of amides is 2. The van der Waals surface area contributed by atoms with E-state index in [1.807, 2.05) is 6.92 Å². The Morgan fingerprint density at radius 2 is 1.95 bits per heavy atom. The molecule has 0 aliphatic heterocycles. The summed E-state index contributed by atoms with van der Waals surface area (Å²) < 4.78 is 5.25. The zero-order valence-corrected chi connectivity index (χ0v) is 12.7. The fraction of sp³-hybridized carbons (Fsp3) is 0.125. The topological polar surface area (TPSA) is 81.4 Å². The fourth-order valence-corrected chi connectivity index (χ4v) is 2.11. The van der Waals surface area contributed by atoms with E-state index in [0.29, 0.717) is 22.0 Å². The normalized spacial score (nSPS) is 10.1. The summed E-state index contributed by atoms with van der Waals surface area (Å²) in [6.07, 6.45) is 0. The molecular formula is C16H15ClN2O3. The molecule has 0 aliphatic rings. The molecule has 0 saturated carbocycles. The second-order valence-corrected chi connectivity index (χ2v) is 5.10. The van der Waals surface area contributed by atoms with Crippen molar-refractivity contribution in [3.63, 3.8) is 0 Å². The SMILES string of the molecule is Cc1cc(Cl)ccc1NC(=O)c1ccccc1OCC(N)=O. The summed E-state index contributed by atoms with van der Waals surface area (Å²) in [5, 5.41) is 3.39. The van der Waals surface area contributed by atoms with Crippen LogP contribution in [0.25, 0.3) is 0 Å². The van der Waals surface area contributed by atoms with Crippen molar-refractivity contribution in [2.75, 3.05) is 11.9 Å². The minimum Gasteiger partial charge on any atom is -0.483 e. The van der Waals surface area contributed by atoms with Gasteiger partial charge in [-0.15, -0.1) is 0 Å². The standard InChI is InChI=1S/C16H15ClN2O3/c1-10-8-11(17)6-7-13(10)19-16(21)12-4-2-3-5-14(12)22-9-15(18)20/h2-8H,9H2,1H3,(H2,18,20)(H,19,21). The monoisotopic (exact) mass is 318 g/mol. The molecule has 0 fully saturated rings. The van der Waals surface area contributed by atoms with Crippen LogP contribution in [-0.4, -0.2) is 18.4 Å². The maximum atomic E-state index is 12.4. The Kier molecular flexibility index (Phi) is 5.01. The quantitative estimate of drug-likeness (QED) is 0.889. The van der Waals surface area contributed by atoms with Gasteiger partial charge in [-0.3, -0.25) is 9.59 Å². The van der Waals surface area contributed by atoms with Crippen LogP contribution in [-0.2, 0) is 4.79 Å². The van der Waals surface area contributed by atoms with Crippen LogP contribution in [0.5, 0.6) is 5.75 Å². The van der Waals surface area contributed by atoms with E-state index in [1.165, 1.54) is 0 Å². The molecule has 0 heterocycles. The smallest absolute Gasteiger partial charge is 0.259 e. The number of primary amides is 1. The van der Waals surface area contributed by atoms with Gasteiger partial charge in [0.2, 0.25) is 0 Å². The average molecular weight is 319 g/mol. The fourth-order valence-electron chi connectivity index (χ4n) is 1.89. The Hall–Kier alpha value is -2.53. The van der Waals surface area contributed by atoms with Crippen molar-refractivity contribution in [1.29, 1.82) is 0 Å². The molecule has 3 N–H and O–H groups in total. The van der Waals surface area contributed by atoms with Gasteiger partial charge in [-0.2, -0.15) is 0 Å². The van der Waals surface area contributed by atoms with Gasteiger partial charge in [0.25, 0.3) is 11.8 Å². The highest BCUT2D eigenvalue weighted by Gasteiger charge is 2.14. The van der Waals surface area contributed by atoms with Gasteiger partial charge in [-0.25, -0.2) is 0 Å². The summed E-state index contributed by atoms with van der Waals surface area (Å²) in [4.78, 5) is 23.2. The minimum absolute atomic E-state index is 0.287. The van der Waals surface area contributed by atoms with E-state index in [2.05, 4.69) is 5.32 Å². The van der Waals surface area contributed by atoms with Gasteiger partial charge >= 0.3 is 0 Å². The number of hydrogen-bond acceptors (Lipinski definition) is 3. The van der Waals surface area contributed by atoms with E-state index in [4.69, 9.17) is 22.1 Å². The third kappa shape index (κ3) is 3.99. The maximum absolute atomic E-state index is 12.4. The van der Waals surface area contributed by atoms with E-state index in [-0.39, 0.29) is 12.5 Å². The van der Waals surface area contributed by atoms with Crippen LogP contribution >= 0.6 is 11.6 Å². The Morgan fingerprint density at radius 3 is 2.64 bits per heavy atom. The van der Waals surface area contributed by atoms with E-state index in [0.717, 1.165) is 5.56 Å². The first kappa shape index (κ1) is 15.9. The summed E-state index contributed by atoms with van der Waals surface area (Å²) >= 11 is 5.89. The van der Waals surface area contributed by atoms with Crippen LogP contribution in [0.3, 0.4) is 0 Å². The zero-order chi connectivity index (χ0) is 16.1. The van der Waals surface area contributed by atoms with Crippen molar-refractivity contribution in [1.82, 2.24) is 0 Å². The second kappa shape index (κ2) is 6.95. The summed E-state index contributed by atoms with van der Waals surface area (Å²) in [6.45, 7) is 1.56. The number of carbonyl (C=O) groups is 2. The second-order valence-electron chi connectivity index (χ2n) is 4.66. The Bertz CT molecular complexity index is 716. The van der Waals surface area contributed by atoms with Crippen molar-refractivity contribution >= 4 is 29.1 Å². The number of nitrogens with one attached hydrogen (secondary N) is 1. The molecule has 0 bridgehead atoms. The van der Waals surface area contributed by atoms with Gasteiger partial charge in [0.05, 0.1) is 5.56 Å². The third-order valence-electron chi connectivity index (χ3n) is 2.94. The largest absolute Gasteiger partial charge is 0.483 e. The highest BCUT2D eigenvalue weighted by atomic mass is 35.5. The lowest BCUT2D eigenvalue weighted by Gasteiger charge is -2.12. The molecule has 0 atom stereocenters. The van der Waals surface area contributed by atoms with E-state index in [1.54, 1.807) is 42.5 Å². The van der Waals surface area contributed by atoms with Gasteiger partial charge in [0.1, 0.15) is 5.75 Å². The molecule has 6 heteroatoms. The Morgan fingerprint density at radius 1 is 1.23 bits per heavy atom. The van der Waals surface area contributed by atoms with Crippen LogP contribution in [0.15, 0.2) is 42.5 Å². The molecule has 2 aromatic carbocycles. The molecule has 0 aromatic heterocycles. The number of nitrogens with two attached hydrogens (primary N) is 1. The molecule has 0 radical (unpaired) electrons. The first-order valence-electron chi connectivity index (χ1n) is 6.55. The number of aryl methyl sites for hydroxylation is 1. The summed E-state index contributed by atoms with van der Waals surface area (Å²) in [6, 6.07) is 11.8. The summed E-state index contributed by atoms with van der Waals surface area (Å²) in [5.74, 6) is -0.653. The van der Waals surface area contributed by atoms with Gasteiger partial charge in [-0.1, -0.05) is 23.7 Å². The highest BCUT2D eigenvalue weighted by molar-refractivity contribution is 6.30. The van der Waals surface area contributed by atoms with Crippen LogP contribution < -0.4 is 15.8 Å². The van der Waals surface area contributed by atoms with Crippen LogP contribution in [0.4, 0.5) is 5.69 Å².